The maximum atomic E-state index is 12.7. The molecule has 1 saturated heterocycles. The van der Waals surface area contributed by atoms with Gasteiger partial charge in [0.2, 0.25) is 10.0 Å². The molecule has 1 heterocycles. The topological polar surface area (TPSA) is 83.8 Å². The van der Waals surface area contributed by atoms with Crippen LogP contribution in [-0.2, 0) is 10.0 Å². The first kappa shape index (κ1) is 17.8. The first-order valence-electron chi connectivity index (χ1n) is 7.64. The molecule has 1 fully saturated rings. The molecule has 0 unspecified atom stereocenters. The van der Waals surface area contributed by atoms with Crippen LogP contribution in [0.25, 0.3) is 0 Å². The molecule has 1 aliphatic heterocycles. The number of nitro groups is 1. The molecule has 2 aromatic carbocycles. The summed E-state index contributed by atoms with van der Waals surface area (Å²) in [6.07, 6.45) is 0. The quantitative estimate of drug-likeness (QED) is 0.555. The molecule has 7 nitrogen and oxygen atoms in total. The molecule has 3 rings (SSSR count). The van der Waals surface area contributed by atoms with Crippen LogP contribution < -0.4 is 4.90 Å². The molecule has 0 spiro atoms. The number of hydrogen-bond acceptors (Lipinski definition) is 5. The normalized spacial score (nSPS) is 16.0. The Morgan fingerprint density at radius 2 is 1.68 bits per heavy atom. The van der Waals surface area contributed by atoms with Gasteiger partial charge in [0.15, 0.2) is 0 Å². The summed E-state index contributed by atoms with van der Waals surface area (Å²) >= 11 is 3.29. The van der Waals surface area contributed by atoms with Crippen molar-refractivity contribution >= 4 is 37.3 Å². The second-order valence-corrected chi connectivity index (χ2v) is 8.45. The Labute approximate surface area is 154 Å². The number of halogens is 1. The summed E-state index contributed by atoms with van der Waals surface area (Å²) in [6, 6.07) is 13.1. The third kappa shape index (κ3) is 3.68. The molecule has 1 aliphatic rings. The number of benzene rings is 2. The maximum absolute atomic E-state index is 12.7. The Balaban J connectivity index is 1.77. The highest BCUT2D eigenvalue weighted by Crippen LogP contribution is 2.29. The van der Waals surface area contributed by atoms with Gasteiger partial charge >= 0.3 is 0 Å². The minimum atomic E-state index is -3.57. The molecule has 25 heavy (non-hydrogen) atoms. The molecule has 0 amide bonds. The molecule has 0 atom stereocenters. The van der Waals surface area contributed by atoms with Gasteiger partial charge in [0.05, 0.1) is 9.82 Å². The van der Waals surface area contributed by atoms with Crippen LogP contribution in [-0.4, -0.2) is 43.8 Å². The van der Waals surface area contributed by atoms with Gasteiger partial charge in [-0.2, -0.15) is 4.31 Å². The smallest absolute Gasteiger partial charge is 0.292 e. The highest BCUT2D eigenvalue weighted by molar-refractivity contribution is 9.10. The fourth-order valence-electron chi connectivity index (χ4n) is 2.83. The van der Waals surface area contributed by atoms with Gasteiger partial charge in [0.25, 0.3) is 5.69 Å². The fraction of sp³-hybridized carbons (Fsp3) is 0.250. The Morgan fingerprint density at radius 3 is 2.32 bits per heavy atom. The van der Waals surface area contributed by atoms with E-state index in [1.165, 1.54) is 10.4 Å². The predicted octanol–water partition coefficient (Wildman–Crippen LogP) is 2.87. The van der Waals surface area contributed by atoms with Crippen molar-refractivity contribution < 1.29 is 13.3 Å². The maximum Gasteiger partial charge on any atom is 0.292 e. The van der Waals surface area contributed by atoms with Gasteiger partial charge in [-0.1, -0.05) is 34.1 Å². The first-order valence-corrected chi connectivity index (χ1v) is 9.87. The third-order valence-electron chi connectivity index (χ3n) is 4.09. The van der Waals surface area contributed by atoms with Gasteiger partial charge in [0.1, 0.15) is 5.69 Å². The average molecular weight is 426 g/mol. The van der Waals surface area contributed by atoms with Gasteiger partial charge in [-0.3, -0.25) is 10.1 Å². The van der Waals surface area contributed by atoms with Crippen LogP contribution in [0.4, 0.5) is 11.4 Å². The SMILES string of the molecule is O=[N+]([O-])c1ccccc1N1CCN(S(=O)(=O)c2cccc(Br)c2)CC1. The van der Waals surface area contributed by atoms with Gasteiger partial charge < -0.3 is 4.90 Å². The lowest BCUT2D eigenvalue weighted by Gasteiger charge is -2.35. The lowest BCUT2D eigenvalue weighted by molar-refractivity contribution is -0.384. The van der Waals surface area contributed by atoms with Crippen molar-refractivity contribution in [2.24, 2.45) is 0 Å². The minimum absolute atomic E-state index is 0.0331. The Morgan fingerprint density at radius 1 is 1.00 bits per heavy atom. The standard InChI is InChI=1S/C16H16BrN3O4S/c17-13-4-3-5-14(12-13)25(23,24)19-10-8-18(9-11-19)15-6-1-2-7-16(15)20(21)22/h1-7,12H,8-11H2. The van der Waals surface area contributed by atoms with Gasteiger partial charge in [-0.15, -0.1) is 0 Å². The van der Waals surface area contributed by atoms with E-state index in [2.05, 4.69) is 15.9 Å². The minimum Gasteiger partial charge on any atom is -0.363 e. The largest absolute Gasteiger partial charge is 0.363 e. The van der Waals surface area contributed by atoms with Crippen LogP contribution in [0.2, 0.25) is 0 Å². The molecule has 0 aromatic heterocycles. The summed E-state index contributed by atoms with van der Waals surface area (Å²) in [6.45, 7) is 1.36. The predicted molar refractivity (Wildman–Crippen MR) is 98.2 cm³/mol. The van der Waals surface area contributed by atoms with Gasteiger partial charge in [-0.25, -0.2) is 8.42 Å². The molecule has 0 aliphatic carbocycles. The third-order valence-corrected chi connectivity index (χ3v) is 6.48. The van der Waals surface area contributed by atoms with E-state index in [9.17, 15) is 18.5 Å². The van der Waals surface area contributed by atoms with E-state index in [4.69, 9.17) is 0 Å². The molecule has 0 N–H and O–H groups in total. The zero-order chi connectivity index (χ0) is 18.0. The van der Waals surface area contributed by atoms with Crippen LogP contribution in [0.5, 0.6) is 0 Å². The van der Waals surface area contributed by atoms with E-state index >= 15 is 0 Å². The summed E-state index contributed by atoms with van der Waals surface area (Å²) in [5, 5.41) is 11.2. The Kier molecular flexibility index (Phi) is 5.07. The van der Waals surface area contributed by atoms with Gasteiger partial charge in [-0.05, 0) is 24.3 Å². The van der Waals surface area contributed by atoms with Crippen LogP contribution in [0.15, 0.2) is 57.9 Å². The lowest BCUT2D eigenvalue weighted by atomic mass is 10.2. The summed E-state index contributed by atoms with van der Waals surface area (Å²) in [5.74, 6) is 0. The summed E-state index contributed by atoms with van der Waals surface area (Å²) < 4.78 is 27.6. The Hall–Kier alpha value is -1.97. The first-order chi connectivity index (χ1) is 11.9. The van der Waals surface area contributed by atoms with E-state index < -0.39 is 14.9 Å². The number of nitro benzene ring substituents is 1. The molecule has 132 valence electrons. The molecular formula is C16H16BrN3O4S. The number of anilines is 1. The van der Waals surface area contributed by atoms with E-state index in [-0.39, 0.29) is 23.7 Å². The molecule has 0 bridgehead atoms. The number of hydrogen-bond donors (Lipinski definition) is 0. The monoisotopic (exact) mass is 425 g/mol. The van der Waals surface area contributed by atoms with E-state index in [1.807, 2.05) is 4.90 Å². The fourth-order valence-corrected chi connectivity index (χ4v) is 4.85. The highest BCUT2D eigenvalue weighted by Gasteiger charge is 2.30. The number of nitrogens with zero attached hydrogens (tertiary/aromatic N) is 3. The lowest BCUT2D eigenvalue weighted by Crippen LogP contribution is -2.48. The number of piperazine rings is 1. The van der Waals surface area contributed by atoms with E-state index in [1.54, 1.807) is 42.5 Å². The van der Waals surface area contributed by atoms with Crippen molar-refractivity contribution in [2.75, 3.05) is 31.1 Å². The van der Waals surface area contributed by atoms with Gasteiger partial charge in [0, 0.05) is 36.7 Å². The number of sulfonamides is 1. The van der Waals surface area contributed by atoms with E-state index in [0.717, 1.165) is 0 Å². The van der Waals surface area contributed by atoms with Crippen molar-refractivity contribution in [3.05, 3.63) is 63.1 Å². The second kappa shape index (κ2) is 7.11. The van der Waals surface area contributed by atoms with Crippen molar-refractivity contribution in [1.29, 1.82) is 0 Å². The zero-order valence-corrected chi connectivity index (χ0v) is 15.6. The summed E-state index contributed by atoms with van der Waals surface area (Å²) in [4.78, 5) is 12.8. The van der Waals surface area contributed by atoms with Crippen LogP contribution in [0.3, 0.4) is 0 Å². The number of para-hydroxylation sites is 2. The van der Waals surface area contributed by atoms with Crippen molar-refractivity contribution in [3.8, 4) is 0 Å². The molecule has 2 aromatic rings. The van der Waals surface area contributed by atoms with Crippen LogP contribution >= 0.6 is 15.9 Å². The highest BCUT2D eigenvalue weighted by atomic mass is 79.9. The average Bonchev–Trinajstić information content (AvgIpc) is 2.62. The molecule has 9 heteroatoms. The zero-order valence-electron chi connectivity index (χ0n) is 13.2. The van der Waals surface area contributed by atoms with Crippen molar-refractivity contribution in [3.63, 3.8) is 0 Å². The summed E-state index contributed by atoms with van der Waals surface area (Å²) in [7, 11) is -3.57. The van der Waals surface area contributed by atoms with Crippen LogP contribution in [0.1, 0.15) is 0 Å². The van der Waals surface area contributed by atoms with E-state index in [0.29, 0.717) is 23.2 Å². The van der Waals surface area contributed by atoms with Crippen molar-refractivity contribution in [1.82, 2.24) is 4.31 Å². The number of rotatable bonds is 4. The molecule has 0 saturated carbocycles. The molecular weight excluding hydrogens is 410 g/mol. The van der Waals surface area contributed by atoms with Crippen molar-refractivity contribution in [2.45, 2.75) is 4.90 Å². The molecule has 0 radical (unpaired) electrons. The summed E-state index contributed by atoms with van der Waals surface area (Å²) in [5.41, 5.74) is 0.554. The second-order valence-electron chi connectivity index (χ2n) is 5.59. The van der Waals surface area contributed by atoms with Crippen LogP contribution in [0, 0.1) is 10.1 Å². The Bertz CT molecular complexity index is 896.